The molecule has 0 saturated heterocycles. The van der Waals surface area contributed by atoms with Gasteiger partial charge >= 0.3 is 0 Å². The van der Waals surface area contributed by atoms with E-state index in [1.54, 1.807) is 12.1 Å². The molecule has 2 aromatic carbocycles. The number of halogens is 2. The first kappa shape index (κ1) is 14.4. The molecule has 0 saturated carbocycles. The van der Waals surface area contributed by atoms with Crippen molar-refractivity contribution in [3.63, 3.8) is 0 Å². The maximum absolute atomic E-state index is 14.0. The Kier molecular flexibility index (Phi) is 4.60. The molecule has 4 heteroatoms. The van der Waals surface area contributed by atoms with Gasteiger partial charge < -0.3 is 4.90 Å². The Morgan fingerprint density at radius 1 is 1.20 bits per heavy atom. The maximum Gasteiger partial charge on any atom is 0.146 e. The number of hydrogen-bond acceptors (Lipinski definition) is 2. The van der Waals surface area contributed by atoms with E-state index in [9.17, 15) is 4.39 Å². The van der Waals surface area contributed by atoms with E-state index in [4.69, 9.17) is 16.9 Å². The quantitative estimate of drug-likeness (QED) is 0.793. The number of rotatable bonds is 4. The molecule has 0 unspecified atom stereocenters. The summed E-state index contributed by atoms with van der Waals surface area (Å²) in [6.07, 6.45) is 0. The van der Waals surface area contributed by atoms with Crippen molar-refractivity contribution in [2.24, 2.45) is 0 Å². The summed E-state index contributed by atoms with van der Waals surface area (Å²) in [6.45, 7) is 0.534. The third-order valence-electron chi connectivity index (χ3n) is 3.05. The van der Waals surface area contributed by atoms with Crippen molar-refractivity contribution in [3.8, 4) is 6.07 Å². The van der Waals surface area contributed by atoms with Gasteiger partial charge in [-0.1, -0.05) is 18.2 Å². The molecule has 2 aromatic rings. The molecule has 0 aliphatic heterocycles. The second kappa shape index (κ2) is 6.40. The Morgan fingerprint density at radius 3 is 2.65 bits per heavy atom. The Labute approximate surface area is 123 Å². The zero-order valence-electron chi connectivity index (χ0n) is 11.1. The Morgan fingerprint density at radius 2 is 2.00 bits per heavy atom. The van der Waals surface area contributed by atoms with Crippen molar-refractivity contribution in [2.45, 2.75) is 12.4 Å². The van der Waals surface area contributed by atoms with E-state index in [0.717, 1.165) is 11.1 Å². The lowest BCUT2D eigenvalue weighted by molar-refractivity contribution is 0.621. The molecular formula is C16H14ClFN2. The van der Waals surface area contributed by atoms with E-state index in [2.05, 4.69) is 6.07 Å². The zero-order valence-corrected chi connectivity index (χ0v) is 11.9. The largest absolute Gasteiger partial charge is 0.368 e. The molecule has 0 aliphatic carbocycles. The molecular weight excluding hydrogens is 275 g/mol. The minimum absolute atomic E-state index is 0.290. The van der Waals surface area contributed by atoms with Crippen LogP contribution in [0.5, 0.6) is 0 Å². The molecule has 0 aliphatic rings. The van der Waals surface area contributed by atoms with Crippen molar-refractivity contribution < 1.29 is 4.39 Å². The van der Waals surface area contributed by atoms with E-state index in [1.807, 2.05) is 36.2 Å². The lowest BCUT2D eigenvalue weighted by Gasteiger charge is -2.20. The van der Waals surface area contributed by atoms with Gasteiger partial charge in [-0.2, -0.15) is 5.26 Å². The Balaban J connectivity index is 2.19. The van der Waals surface area contributed by atoms with Gasteiger partial charge in [0.25, 0.3) is 0 Å². The summed E-state index contributed by atoms with van der Waals surface area (Å²) in [4.78, 5) is 1.81. The van der Waals surface area contributed by atoms with Gasteiger partial charge in [-0.15, -0.1) is 11.6 Å². The second-order valence-corrected chi connectivity index (χ2v) is 4.85. The molecule has 2 nitrogen and oxygen atoms in total. The fourth-order valence-corrected chi connectivity index (χ4v) is 2.21. The molecule has 0 spiro atoms. The molecule has 0 fully saturated rings. The monoisotopic (exact) mass is 288 g/mol. The van der Waals surface area contributed by atoms with Gasteiger partial charge in [0.1, 0.15) is 5.82 Å². The molecule has 0 amide bonds. The molecule has 0 atom stereocenters. The number of hydrogen-bond donors (Lipinski definition) is 0. The summed E-state index contributed by atoms with van der Waals surface area (Å²) in [5.74, 6) is 0.00702. The highest BCUT2D eigenvalue weighted by Crippen LogP contribution is 2.22. The van der Waals surface area contributed by atoms with Crippen LogP contribution in [0, 0.1) is 17.1 Å². The van der Waals surface area contributed by atoms with Crippen LogP contribution in [0.3, 0.4) is 0 Å². The van der Waals surface area contributed by atoms with Crippen LogP contribution in [-0.2, 0) is 12.4 Å². The summed E-state index contributed by atoms with van der Waals surface area (Å²) in [5, 5.41) is 8.88. The van der Waals surface area contributed by atoms with E-state index in [1.165, 1.54) is 6.07 Å². The minimum Gasteiger partial charge on any atom is -0.368 e. The fraction of sp³-hybridized carbons (Fsp3) is 0.188. The Bertz CT molecular complexity index is 649. The molecule has 102 valence electrons. The molecule has 2 rings (SSSR count). The molecule has 0 bridgehead atoms. The van der Waals surface area contributed by atoms with E-state index < -0.39 is 0 Å². The number of nitriles is 1. The summed E-state index contributed by atoms with van der Waals surface area (Å²) < 4.78 is 14.0. The summed E-state index contributed by atoms with van der Waals surface area (Å²) in [6, 6.07) is 14.4. The van der Waals surface area contributed by atoms with Gasteiger partial charge in [0.15, 0.2) is 0 Å². The van der Waals surface area contributed by atoms with E-state index in [-0.39, 0.29) is 5.82 Å². The molecule has 0 heterocycles. The van der Waals surface area contributed by atoms with Crippen molar-refractivity contribution in [2.75, 3.05) is 11.9 Å². The Hall–Kier alpha value is -2.05. The number of benzene rings is 2. The van der Waals surface area contributed by atoms with Crippen LogP contribution in [0.25, 0.3) is 0 Å². The summed E-state index contributed by atoms with van der Waals surface area (Å²) >= 11 is 5.68. The lowest BCUT2D eigenvalue weighted by Crippen LogP contribution is -2.17. The normalized spacial score (nSPS) is 10.1. The number of alkyl halides is 1. The van der Waals surface area contributed by atoms with Crippen molar-refractivity contribution in [1.82, 2.24) is 0 Å². The van der Waals surface area contributed by atoms with Crippen LogP contribution in [0.2, 0.25) is 0 Å². The smallest absolute Gasteiger partial charge is 0.146 e. The SMILES string of the molecule is CN(Cc1cccc(C#N)c1)c1ccc(CCl)cc1F. The van der Waals surface area contributed by atoms with Crippen LogP contribution in [-0.4, -0.2) is 7.05 Å². The van der Waals surface area contributed by atoms with E-state index >= 15 is 0 Å². The topological polar surface area (TPSA) is 27.0 Å². The second-order valence-electron chi connectivity index (χ2n) is 4.59. The average Bonchev–Trinajstić information content (AvgIpc) is 2.47. The van der Waals surface area contributed by atoms with E-state index in [0.29, 0.717) is 23.7 Å². The average molecular weight is 289 g/mol. The number of nitrogens with zero attached hydrogens (tertiary/aromatic N) is 2. The van der Waals surface area contributed by atoms with Gasteiger partial charge in [-0.05, 0) is 35.4 Å². The zero-order chi connectivity index (χ0) is 14.5. The van der Waals surface area contributed by atoms with Gasteiger partial charge in [0.05, 0.1) is 17.3 Å². The van der Waals surface area contributed by atoms with Gasteiger partial charge in [0.2, 0.25) is 0 Å². The molecule has 20 heavy (non-hydrogen) atoms. The third kappa shape index (κ3) is 3.28. The predicted octanol–water partition coefficient (Wildman–Crippen LogP) is 4.07. The highest BCUT2D eigenvalue weighted by atomic mass is 35.5. The van der Waals surface area contributed by atoms with Crippen molar-refractivity contribution >= 4 is 17.3 Å². The molecule has 0 N–H and O–H groups in total. The van der Waals surface area contributed by atoms with Crippen molar-refractivity contribution in [3.05, 3.63) is 65.0 Å². The highest BCUT2D eigenvalue weighted by molar-refractivity contribution is 6.17. The highest BCUT2D eigenvalue weighted by Gasteiger charge is 2.09. The van der Waals surface area contributed by atoms with Gasteiger partial charge in [-0.25, -0.2) is 4.39 Å². The minimum atomic E-state index is -0.290. The summed E-state index contributed by atoms with van der Waals surface area (Å²) in [5.41, 5.74) is 2.84. The standard InChI is InChI=1S/C16H14ClFN2/c1-20(11-14-4-2-3-13(7-14)10-19)16-6-5-12(9-17)8-15(16)18/h2-8H,9,11H2,1H3. The van der Waals surface area contributed by atoms with Gasteiger partial charge in [-0.3, -0.25) is 0 Å². The van der Waals surface area contributed by atoms with Crippen LogP contribution >= 0.6 is 11.6 Å². The maximum atomic E-state index is 14.0. The lowest BCUT2D eigenvalue weighted by atomic mass is 10.1. The first-order valence-corrected chi connectivity index (χ1v) is 6.72. The van der Waals surface area contributed by atoms with Crippen LogP contribution in [0.15, 0.2) is 42.5 Å². The predicted molar refractivity (Wildman–Crippen MR) is 79.2 cm³/mol. The van der Waals surface area contributed by atoms with Crippen LogP contribution in [0.1, 0.15) is 16.7 Å². The van der Waals surface area contributed by atoms with Crippen molar-refractivity contribution in [1.29, 1.82) is 5.26 Å². The first-order valence-electron chi connectivity index (χ1n) is 6.18. The first-order chi connectivity index (χ1) is 9.63. The molecule has 0 radical (unpaired) electrons. The molecule has 0 aromatic heterocycles. The third-order valence-corrected chi connectivity index (χ3v) is 3.36. The van der Waals surface area contributed by atoms with Crippen LogP contribution in [0.4, 0.5) is 10.1 Å². The van der Waals surface area contributed by atoms with Gasteiger partial charge in [0, 0.05) is 19.5 Å². The fourth-order valence-electron chi connectivity index (χ4n) is 2.04. The van der Waals surface area contributed by atoms with Crippen LogP contribution < -0.4 is 4.90 Å². The summed E-state index contributed by atoms with van der Waals surface area (Å²) in [7, 11) is 1.82. The number of anilines is 1.